The number of rotatable bonds is 3. The number of aryl methyl sites for hydroxylation is 2. The van der Waals surface area contributed by atoms with E-state index in [0.717, 1.165) is 9.13 Å². The predicted octanol–water partition coefficient (Wildman–Crippen LogP) is -2.86. The van der Waals surface area contributed by atoms with Gasteiger partial charge in [-0.05, 0) is 0 Å². The largest absolute Gasteiger partial charge is 0.393 e. The zero-order valence-corrected chi connectivity index (χ0v) is 11.4. The fourth-order valence-electron chi connectivity index (χ4n) is 2.13. The van der Waals surface area contributed by atoms with Crippen LogP contribution >= 0.6 is 0 Å². The summed E-state index contributed by atoms with van der Waals surface area (Å²) in [5.74, 6) is -0.0872. The molecule has 0 radical (unpaired) electrons. The minimum Gasteiger partial charge on any atom is -0.393 e. The van der Waals surface area contributed by atoms with E-state index >= 15 is 0 Å². The van der Waals surface area contributed by atoms with Crippen molar-refractivity contribution in [3.63, 3.8) is 0 Å². The Morgan fingerprint density at radius 1 is 1.05 bits per heavy atom. The van der Waals surface area contributed by atoms with Gasteiger partial charge in [0.2, 0.25) is 0 Å². The molecule has 110 valence electrons. The molecule has 3 N–H and O–H groups in total. The third kappa shape index (κ3) is 1.71. The number of aliphatic hydroxyl groups excluding tert-OH is 2. The van der Waals surface area contributed by atoms with Gasteiger partial charge < -0.3 is 19.9 Å². The molecule has 0 bridgehead atoms. The SMILES string of the molecule is Cn1c(=O)c2c(nc(C(O)(CO)CO)n2C)n(C)c1=O. The molecular weight excluding hydrogens is 268 g/mol. The molecule has 0 unspecified atom stereocenters. The zero-order valence-electron chi connectivity index (χ0n) is 11.4. The lowest BCUT2D eigenvalue weighted by molar-refractivity contribution is -0.0675. The zero-order chi connectivity index (χ0) is 15.2. The van der Waals surface area contributed by atoms with E-state index in [1.54, 1.807) is 0 Å². The molecule has 0 amide bonds. The molecule has 0 saturated heterocycles. The fourth-order valence-corrected chi connectivity index (χ4v) is 2.13. The van der Waals surface area contributed by atoms with Crippen molar-refractivity contribution < 1.29 is 15.3 Å². The van der Waals surface area contributed by atoms with Crippen LogP contribution in [-0.2, 0) is 26.7 Å². The molecule has 9 heteroatoms. The van der Waals surface area contributed by atoms with Crippen molar-refractivity contribution >= 4 is 11.2 Å². The van der Waals surface area contributed by atoms with E-state index in [0.29, 0.717) is 0 Å². The second-order valence-electron chi connectivity index (χ2n) is 4.72. The van der Waals surface area contributed by atoms with Crippen LogP contribution in [-0.4, -0.2) is 47.2 Å². The van der Waals surface area contributed by atoms with Crippen molar-refractivity contribution in [2.24, 2.45) is 21.1 Å². The Morgan fingerprint density at radius 2 is 1.60 bits per heavy atom. The molecular formula is C11H16N4O5. The van der Waals surface area contributed by atoms with Gasteiger partial charge in [0.05, 0.1) is 13.2 Å². The molecule has 20 heavy (non-hydrogen) atoms. The molecule has 2 aromatic heterocycles. The lowest BCUT2D eigenvalue weighted by Gasteiger charge is -2.22. The first-order chi connectivity index (χ1) is 9.28. The number of imidazole rings is 1. The molecule has 0 aliphatic rings. The van der Waals surface area contributed by atoms with E-state index in [1.165, 1.54) is 25.7 Å². The van der Waals surface area contributed by atoms with E-state index in [-0.39, 0.29) is 17.0 Å². The second kappa shape index (κ2) is 4.54. The normalized spacial score (nSPS) is 12.3. The van der Waals surface area contributed by atoms with Crippen LogP contribution in [0.5, 0.6) is 0 Å². The maximum absolute atomic E-state index is 12.1. The molecule has 2 rings (SSSR count). The highest BCUT2D eigenvalue weighted by Gasteiger charge is 2.34. The van der Waals surface area contributed by atoms with E-state index in [1.807, 2.05) is 0 Å². The van der Waals surface area contributed by atoms with Crippen LogP contribution in [0.25, 0.3) is 11.2 Å². The van der Waals surface area contributed by atoms with Gasteiger partial charge in [-0.25, -0.2) is 9.78 Å². The summed E-state index contributed by atoms with van der Waals surface area (Å²) in [5, 5.41) is 28.6. The third-order valence-electron chi connectivity index (χ3n) is 3.41. The molecule has 0 atom stereocenters. The van der Waals surface area contributed by atoms with Crippen molar-refractivity contribution in [1.82, 2.24) is 18.7 Å². The predicted molar refractivity (Wildman–Crippen MR) is 69.3 cm³/mol. The molecule has 0 fully saturated rings. The summed E-state index contributed by atoms with van der Waals surface area (Å²) in [6.07, 6.45) is 0. The molecule has 0 aromatic carbocycles. The first-order valence-electron chi connectivity index (χ1n) is 5.85. The summed E-state index contributed by atoms with van der Waals surface area (Å²) in [7, 11) is 4.24. The highest BCUT2D eigenvalue weighted by molar-refractivity contribution is 5.71. The highest BCUT2D eigenvalue weighted by Crippen LogP contribution is 2.21. The molecule has 0 saturated carbocycles. The summed E-state index contributed by atoms with van der Waals surface area (Å²) < 4.78 is 3.35. The average molecular weight is 284 g/mol. The maximum Gasteiger partial charge on any atom is 0.332 e. The van der Waals surface area contributed by atoms with Crippen molar-refractivity contribution in [2.75, 3.05) is 13.2 Å². The fraction of sp³-hybridized carbons (Fsp3) is 0.545. The first kappa shape index (κ1) is 14.4. The van der Waals surface area contributed by atoms with Crippen molar-refractivity contribution in [3.8, 4) is 0 Å². The van der Waals surface area contributed by atoms with E-state index < -0.39 is 30.1 Å². The Kier molecular flexibility index (Phi) is 3.28. The molecule has 2 heterocycles. The summed E-state index contributed by atoms with van der Waals surface area (Å²) in [6.45, 7) is -1.54. The molecule has 0 spiro atoms. The number of nitrogens with zero attached hydrogens (tertiary/aromatic N) is 4. The second-order valence-corrected chi connectivity index (χ2v) is 4.72. The maximum atomic E-state index is 12.1. The van der Waals surface area contributed by atoms with Gasteiger partial charge in [-0.15, -0.1) is 0 Å². The van der Waals surface area contributed by atoms with Crippen LogP contribution < -0.4 is 11.2 Å². The van der Waals surface area contributed by atoms with Crippen LogP contribution in [0, 0.1) is 0 Å². The number of aromatic nitrogens is 4. The van der Waals surface area contributed by atoms with Gasteiger partial charge in [-0.1, -0.05) is 0 Å². The van der Waals surface area contributed by atoms with Gasteiger partial charge in [0.25, 0.3) is 5.56 Å². The topological polar surface area (TPSA) is 123 Å². The third-order valence-corrected chi connectivity index (χ3v) is 3.41. The number of hydrogen-bond donors (Lipinski definition) is 3. The lowest BCUT2D eigenvalue weighted by Crippen LogP contribution is -2.38. The number of hydrogen-bond acceptors (Lipinski definition) is 6. The molecule has 0 aliphatic carbocycles. The first-order valence-corrected chi connectivity index (χ1v) is 5.85. The summed E-state index contributed by atoms with van der Waals surface area (Å²) in [5.41, 5.74) is -2.93. The van der Waals surface area contributed by atoms with Gasteiger partial charge in [-0.2, -0.15) is 0 Å². The van der Waals surface area contributed by atoms with Crippen LogP contribution in [0.2, 0.25) is 0 Å². The van der Waals surface area contributed by atoms with Crippen molar-refractivity contribution in [2.45, 2.75) is 5.60 Å². The minimum absolute atomic E-state index is 0.0796. The Bertz CT molecular complexity index is 781. The smallest absolute Gasteiger partial charge is 0.332 e. The standard InChI is InChI=1S/C11H16N4O5/c1-13-6-7(12-9(13)11(20,4-16)5-17)14(2)10(19)15(3)8(6)18/h16-17,20H,4-5H2,1-3H3. The Morgan fingerprint density at radius 3 is 2.10 bits per heavy atom. The van der Waals surface area contributed by atoms with Crippen LogP contribution in [0.3, 0.4) is 0 Å². The van der Waals surface area contributed by atoms with Gasteiger partial charge in [0, 0.05) is 21.1 Å². The van der Waals surface area contributed by atoms with Crippen LogP contribution in [0.15, 0.2) is 9.59 Å². The molecule has 2 aromatic rings. The van der Waals surface area contributed by atoms with Gasteiger partial charge in [0.15, 0.2) is 16.8 Å². The average Bonchev–Trinajstić information content (AvgIpc) is 2.80. The number of fused-ring (bicyclic) bond motifs is 1. The van der Waals surface area contributed by atoms with E-state index in [9.17, 15) is 24.9 Å². The van der Waals surface area contributed by atoms with Crippen molar-refractivity contribution in [3.05, 3.63) is 26.7 Å². The Hall–Kier alpha value is -1.97. The van der Waals surface area contributed by atoms with Gasteiger partial charge >= 0.3 is 5.69 Å². The van der Waals surface area contributed by atoms with Crippen LogP contribution in [0.4, 0.5) is 0 Å². The summed E-state index contributed by atoms with van der Waals surface area (Å²) >= 11 is 0. The van der Waals surface area contributed by atoms with E-state index in [4.69, 9.17) is 0 Å². The Labute approximate surface area is 113 Å². The van der Waals surface area contributed by atoms with Crippen molar-refractivity contribution in [1.29, 1.82) is 0 Å². The summed E-state index contributed by atoms with van der Waals surface area (Å²) in [6, 6.07) is 0. The monoisotopic (exact) mass is 284 g/mol. The minimum atomic E-state index is -1.99. The highest BCUT2D eigenvalue weighted by atomic mass is 16.4. The van der Waals surface area contributed by atoms with E-state index in [2.05, 4.69) is 4.98 Å². The van der Waals surface area contributed by atoms with Gasteiger partial charge in [-0.3, -0.25) is 13.9 Å². The molecule has 0 aliphatic heterocycles. The number of aliphatic hydroxyl groups is 3. The molecule has 9 nitrogen and oxygen atoms in total. The Balaban J connectivity index is 2.98. The van der Waals surface area contributed by atoms with Gasteiger partial charge in [0.1, 0.15) is 5.82 Å². The van der Waals surface area contributed by atoms with Crippen LogP contribution in [0.1, 0.15) is 5.82 Å². The summed E-state index contributed by atoms with van der Waals surface area (Å²) in [4.78, 5) is 28.0. The lowest BCUT2D eigenvalue weighted by atomic mass is 10.1. The quantitative estimate of drug-likeness (QED) is 0.557.